The lowest BCUT2D eigenvalue weighted by Crippen LogP contribution is -2.18. The summed E-state index contributed by atoms with van der Waals surface area (Å²) in [5, 5.41) is 15.6. The number of carbonyl (C=O) groups excluding carboxylic acids is 2. The van der Waals surface area contributed by atoms with Crippen molar-refractivity contribution in [2.45, 2.75) is 6.54 Å². The van der Waals surface area contributed by atoms with E-state index < -0.39 is 11.8 Å². The van der Waals surface area contributed by atoms with Crippen molar-refractivity contribution in [3.05, 3.63) is 36.4 Å². The molecule has 0 aromatic carbocycles. The molecule has 19 heavy (non-hydrogen) atoms. The van der Waals surface area contributed by atoms with Crippen LogP contribution in [0.1, 0.15) is 10.4 Å². The van der Waals surface area contributed by atoms with Gasteiger partial charge >= 0.3 is 0 Å². The minimum atomic E-state index is -0.529. The first-order valence-corrected chi connectivity index (χ1v) is 5.31. The smallest absolute Gasteiger partial charge is 0.257 e. The third-order valence-electron chi connectivity index (χ3n) is 2.19. The average molecular weight is 261 g/mol. The van der Waals surface area contributed by atoms with Gasteiger partial charge in [-0.2, -0.15) is 5.10 Å². The van der Waals surface area contributed by atoms with Crippen molar-refractivity contribution in [2.75, 3.05) is 5.32 Å². The van der Waals surface area contributed by atoms with E-state index in [0.717, 1.165) is 0 Å². The fourth-order valence-corrected chi connectivity index (χ4v) is 1.43. The van der Waals surface area contributed by atoms with Gasteiger partial charge in [-0.15, -0.1) is 0 Å². The van der Waals surface area contributed by atoms with Gasteiger partial charge in [0.1, 0.15) is 12.3 Å². The fourth-order valence-electron chi connectivity index (χ4n) is 1.43. The largest absolute Gasteiger partial charge is 0.506 e. The van der Waals surface area contributed by atoms with Crippen LogP contribution >= 0.6 is 0 Å². The number of hydrogen-bond acceptors (Lipinski definition) is 5. The number of pyridine rings is 1. The van der Waals surface area contributed by atoms with E-state index in [1.54, 1.807) is 0 Å². The van der Waals surface area contributed by atoms with Gasteiger partial charge in [-0.05, 0) is 6.07 Å². The Hall–Kier alpha value is -2.90. The number of aromatic hydroxyl groups is 1. The van der Waals surface area contributed by atoms with Crippen molar-refractivity contribution in [3.8, 4) is 5.75 Å². The molecule has 2 aromatic heterocycles. The highest BCUT2D eigenvalue weighted by Gasteiger charge is 2.09. The van der Waals surface area contributed by atoms with E-state index in [9.17, 15) is 14.7 Å². The van der Waals surface area contributed by atoms with Crippen LogP contribution in [0.25, 0.3) is 0 Å². The summed E-state index contributed by atoms with van der Waals surface area (Å²) in [7, 11) is 0. The van der Waals surface area contributed by atoms with Gasteiger partial charge in [-0.3, -0.25) is 19.3 Å². The van der Waals surface area contributed by atoms with Crippen LogP contribution in [0.3, 0.4) is 0 Å². The molecule has 98 valence electrons. The molecule has 0 aliphatic rings. The fraction of sp³-hybridized carbons (Fsp3) is 0.0909. The van der Waals surface area contributed by atoms with Crippen molar-refractivity contribution in [1.82, 2.24) is 14.8 Å². The summed E-state index contributed by atoms with van der Waals surface area (Å²) in [6, 6.07) is 1.29. The van der Waals surface area contributed by atoms with E-state index in [0.29, 0.717) is 5.69 Å². The number of rotatable bonds is 4. The maximum atomic E-state index is 11.8. The van der Waals surface area contributed by atoms with E-state index in [1.165, 1.54) is 35.5 Å². The summed E-state index contributed by atoms with van der Waals surface area (Å²) in [6.45, 7) is -0.0659. The molecule has 4 N–H and O–H groups in total. The summed E-state index contributed by atoms with van der Waals surface area (Å²) in [4.78, 5) is 26.2. The number of primary amides is 1. The van der Waals surface area contributed by atoms with E-state index in [2.05, 4.69) is 15.4 Å². The van der Waals surface area contributed by atoms with Crippen LogP contribution in [0.4, 0.5) is 5.69 Å². The summed E-state index contributed by atoms with van der Waals surface area (Å²) >= 11 is 0. The molecule has 0 radical (unpaired) electrons. The summed E-state index contributed by atoms with van der Waals surface area (Å²) < 4.78 is 1.30. The molecule has 0 saturated carbocycles. The predicted octanol–water partition coefficient (Wildman–Crippen LogP) is -0.279. The van der Waals surface area contributed by atoms with Gasteiger partial charge < -0.3 is 16.2 Å². The second-order valence-corrected chi connectivity index (χ2v) is 3.78. The van der Waals surface area contributed by atoms with Gasteiger partial charge in [0.05, 0.1) is 23.6 Å². The van der Waals surface area contributed by atoms with Crippen LogP contribution in [-0.4, -0.2) is 31.7 Å². The number of hydrogen-bond donors (Lipinski definition) is 3. The van der Waals surface area contributed by atoms with Gasteiger partial charge in [-0.25, -0.2) is 0 Å². The molecule has 0 unspecified atom stereocenters. The Morgan fingerprint density at radius 2 is 2.16 bits per heavy atom. The van der Waals surface area contributed by atoms with Crippen molar-refractivity contribution in [3.63, 3.8) is 0 Å². The van der Waals surface area contributed by atoms with E-state index in [1.807, 2.05) is 0 Å². The third-order valence-corrected chi connectivity index (χ3v) is 2.19. The number of aromatic nitrogens is 3. The van der Waals surface area contributed by atoms with Crippen LogP contribution in [0, 0.1) is 0 Å². The number of nitrogens with one attached hydrogen (secondary N) is 1. The molecular weight excluding hydrogens is 250 g/mol. The second kappa shape index (κ2) is 5.17. The summed E-state index contributed by atoms with van der Waals surface area (Å²) in [5.41, 5.74) is 5.64. The monoisotopic (exact) mass is 261 g/mol. The molecule has 0 fully saturated rings. The molecule has 0 bridgehead atoms. The molecule has 0 aliphatic carbocycles. The molecule has 0 spiro atoms. The van der Waals surface area contributed by atoms with E-state index >= 15 is 0 Å². The van der Waals surface area contributed by atoms with Crippen LogP contribution in [-0.2, 0) is 11.3 Å². The van der Waals surface area contributed by atoms with Gasteiger partial charge in [0.15, 0.2) is 0 Å². The Labute approximate surface area is 107 Å². The van der Waals surface area contributed by atoms with Gasteiger partial charge in [-0.1, -0.05) is 0 Å². The molecule has 0 saturated heterocycles. The quantitative estimate of drug-likeness (QED) is 0.698. The third kappa shape index (κ3) is 3.28. The van der Waals surface area contributed by atoms with Crippen molar-refractivity contribution in [2.24, 2.45) is 5.73 Å². The zero-order valence-corrected chi connectivity index (χ0v) is 9.78. The van der Waals surface area contributed by atoms with Crippen molar-refractivity contribution >= 4 is 17.5 Å². The lowest BCUT2D eigenvalue weighted by atomic mass is 10.2. The molecule has 0 aliphatic heterocycles. The molecule has 2 amide bonds. The van der Waals surface area contributed by atoms with Crippen LogP contribution < -0.4 is 11.1 Å². The van der Waals surface area contributed by atoms with Gasteiger partial charge in [0.25, 0.3) is 5.91 Å². The maximum absolute atomic E-state index is 11.8. The lowest BCUT2D eigenvalue weighted by molar-refractivity contribution is -0.118. The molecule has 0 atom stereocenters. The Balaban J connectivity index is 2.06. The standard InChI is InChI=1S/C11H11N5O3/c12-10(18)6-16-5-8(3-14-16)15-11(19)7-1-9(17)4-13-2-7/h1-5,17H,6H2,(H2,12,18)(H,15,19). The number of carbonyl (C=O) groups is 2. The highest BCUT2D eigenvalue weighted by atomic mass is 16.3. The van der Waals surface area contributed by atoms with Gasteiger partial charge in [0, 0.05) is 12.4 Å². The highest BCUT2D eigenvalue weighted by molar-refractivity contribution is 6.04. The summed E-state index contributed by atoms with van der Waals surface area (Å²) in [5.74, 6) is -1.07. The Morgan fingerprint density at radius 1 is 1.37 bits per heavy atom. The number of nitrogens with two attached hydrogens (primary N) is 1. The van der Waals surface area contributed by atoms with Crippen molar-refractivity contribution < 1.29 is 14.7 Å². The SMILES string of the molecule is NC(=O)Cn1cc(NC(=O)c2cncc(O)c2)cn1. The van der Waals surface area contributed by atoms with Crippen LogP contribution in [0.15, 0.2) is 30.9 Å². The van der Waals surface area contributed by atoms with E-state index in [-0.39, 0.29) is 17.9 Å². The summed E-state index contributed by atoms with van der Waals surface area (Å²) in [6.07, 6.45) is 5.40. The Kier molecular flexibility index (Phi) is 3.42. The van der Waals surface area contributed by atoms with Crippen LogP contribution in [0.2, 0.25) is 0 Å². The van der Waals surface area contributed by atoms with Gasteiger partial charge in [0.2, 0.25) is 5.91 Å². The lowest BCUT2D eigenvalue weighted by Gasteiger charge is -2.02. The Bertz CT molecular complexity index is 622. The first kappa shape index (κ1) is 12.6. The number of anilines is 1. The molecule has 2 aromatic rings. The topological polar surface area (TPSA) is 123 Å². The first-order chi connectivity index (χ1) is 9.04. The zero-order valence-electron chi connectivity index (χ0n) is 9.78. The molecule has 8 heteroatoms. The highest BCUT2D eigenvalue weighted by Crippen LogP contribution is 2.11. The molecular formula is C11H11N5O3. The first-order valence-electron chi connectivity index (χ1n) is 5.31. The number of nitrogens with zero attached hydrogens (tertiary/aromatic N) is 3. The molecule has 2 heterocycles. The average Bonchev–Trinajstić information content (AvgIpc) is 2.75. The zero-order chi connectivity index (χ0) is 13.8. The molecule has 2 rings (SSSR count). The Morgan fingerprint density at radius 3 is 2.84 bits per heavy atom. The van der Waals surface area contributed by atoms with Crippen LogP contribution in [0.5, 0.6) is 5.75 Å². The second-order valence-electron chi connectivity index (χ2n) is 3.78. The molecule has 8 nitrogen and oxygen atoms in total. The van der Waals surface area contributed by atoms with E-state index in [4.69, 9.17) is 5.73 Å². The minimum absolute atomic E-state index is 0.0659. The normalized spacial score (nSPS) is 10.1. The predicted molar refractivity (Wildman–Crippen MR) is 65.3 cm³/mol. The number of amides is 2. The maximum Gasteiger partial charge on any atom is 0.257 e. The van der Waals surface area contributed by atoms with Crippen molar-refractivity contribution in [1.29, 1.82) is 0 Å². The minimum Gasteiger partial charge on any atom is -0.506 e.